The zero-order chi connectivity index (χ0) is 84.3. The number of para-hydroxylation sites is 1. The molecule has 1 aliphatic rings. The minimum atomic E-state index is -2.47. The van der Waals surface area contributed by atoms with Gasteiger partial charge in [-0.25, -0.2) is 9.59 Å². The van der Waals surface area contributed by atoms with E-state index in [4.69, 9.17) is 31.4 Å². The molecule has 3 aromatic rings. The Morgan fingerprint density at radius 2 is 1.12 bits per heavy atom. The van der Waals surface area contributed by atoms with Crippen molar-refractivity contribution in [3.63, 3.8) is 0 Å². The Morgan fingerprint density at radius 3 is 1.73 bits per heavy atom. The first kappa shape index (κ1) is 92.0. The smallest absolute Gasteiger partial charge is 0.407 e. The lowest BCUT2D eigenvalue weighted by Gasteiger charge is -2.30. The van der Waals surface area contributed by atoms with Crippen LogP contribution in [0.4, 0.5) is 10.5 Å². The van der Waals surface area contributed by atoms with Gasteiger partial charge in [-0.2, -0.15) is 0 Å². The summed E-state index contributed by atoms with van der Waals surface area (Å²) >= 11 is 0. The number of primary amides is 1. The molecule has 0 unspecified atom stereocenters. The number of hydrogen-bond donors (Lipinski definition) is 21. The molecule has 0 saturated carbocycles. The number of aliphatic carboxylic acids is 4. The molecule has 614 valence electrons. The Morgan fingerprint density at radius 1 is 0.575 bits per heavy atom. The summed E-state index contributed by atoms with van der Waals surface area (Å²) in [6, 6.07) is -3.15. The van der Waals surface area contributed by atoms with Gasteiger partial charge in [-0.05, 0) is 74.4 Å². The van der Waals surface area contributed by atoms with E-state index >= 15 is 0 Å². The van der Waals surface area contributed by atoms with Crippen LogP contribution in [0.15, 0.2) is 78.9 Å². The third-order valence-corrected chi connectivity index (χ3v) is 16.5. The maximum absolute atomic E-state index is 14.8. The molecule has 1 saturated heterocycles. The van der Waals surface area contributed by atoms with Gasteiger partial charge in [0.25, 0.3) is 0 Å². The van der Waals surface area contributed by atoms with E-state index in [9.17, 15) is 121 Å². The number of alkyl carbamates (subject to hydrolysis) is 1. The fraction of sp³-hybridized carbons (Fsp3) is 0.449. The SMILES string of the molecule is COc1cccc(C[C@H](N)C(=O)N[C@H](CC(N)=O)C(=O)N[C@@H](CC(=O)O)C(=O)N[C@@H]2C(=O)NCC(=O)N[C@@H](CCCNC(=O)OCc3ccccc3)C(=O)N[C@@H](CC(=O)O)C(=O)N[C@H](C)C(=O)N[C@@H](CC(=O)O)C(=O)NCC(=O)N[C@H](CO)C(=O)N[C@@H]([C@H](C)CC(=O)O)C(=O)N[C@@H](CC(=O)c3ccccc3N)C(=O)O[C@@H]2C)c1. The van der Waals surface area contributed by atoms with Gasteiger partial charge in [0.2, 0.25) is 76.8 Å². The maximum atomic E-state index is 14.8. The van der Waals surface area contributed by atoms with Crippen molar-refractivity contribution in [3.05, 3.63) is 95.6 Å². The van der Waals surface area contributed by atoms with Crippen molar-refractivity contribution in [1.29, 1.82) is 0 Å². The number of Topliss-reactive ketones (excluding diaryl/α,β-unsaturated/α-hetero) is 1. The number of ether oxygens (including phenoxy) is 3. The molecule has 0 aromatic heterocycles. The standard InChI is InChI=1S/C69H90N16O28/c1-32(20-52(91)92)56-67(108)83-46(23-48(87)38-16-8-9-17-39(38)70)68(109)113-34(3)57(85-64(105)45(27-55(97)98)82-63(104)42(24-49(72)88)80-59(100)40(71)22-36-14-10-15-37(21-36)111-4)66(107)75-29-50(89)77-41(18-11-19-73-69(110)112-31-35-12-6-5-7-13-35)61(102)81-44(26-54(95)96)62(103)76-33(2)58(99)79-43(25-53(93)94)60(101)74-28-51(90)78-47(30-86)65(106)84-56/h5-10,12-17,21,32-34,40-47,56-57,86H,11,18-20,22-31,70-71H2,1-4H3,(H2,72,88)(H,73,110)(H,74,101)(H,75,107)(H,76,103)(H,77,89)(H,78,90)(H,79,99)(H,80,100)(H,81,102)(H,82,104)(H,83,108)(H,84,106)(H,85,105)(H,91,92)(H,93,94)(H,95,96)(H,97,98)/t32-,33-,34-,40+,41+,42-,43+,44+,45+,46+,47-,56+,57+/m1/s1. The number of benzene rings is 3. The number of amides is 14. The molecule has 14 amide bonds. The average molecular weight is 1590 g/mol. The molecular formula is C69H90N16O28. The maximum Gasteiger partial charge on any atom is 0.407 e. The number of nitrogen functional groups attached to an aromatic ring is 1. The number of carboxylic acids is 4. The Bertz CT molecular complexity index is 4020. The summed E-state index contributed by atoms with van der Waals surface area (Å²) in [7, 11) is 1.37. The van der Waals surface area contributed by atoms with Crippen molar-refractivity contribution in [1.82, 2.24) is 69.1 Å². The van der Waals surface area contributed by atoms with Crippen LogP contribution in [-0.4, -0.2) is 250 Å². The molecular weight excluding hydrogens is 1500 g/mol. The number of nitrogens with two attached hydrogens (primary N) is 3. The van der Waals surface area contributed by atoms with Gasteiger partial charge in [-0.3, -0.25) is 86.3 Å². The lowest BCUT2D eigenvalue weighted by Crippen LogP contribution is -2.61. The first-order valence-corrected chi connectivity index (χ1v) is 34.5. The summed E-state index contributed by atoms with van der Waals surface area (Å²) in [4.78, 5) is 271. The lowest BCUT2D eigenvalue weighted by atomic mass is 9.96. The molecule has 4 rings (SSSR count). The number of anilines is 1. The Hall–Kier alpha value is -13.4. The van der Waals surface area contributed by atoms with E-state index in [-0.39, 0.29) is 37.2 Å². The molecule has 1 heterocycles. The van der Waals surface area contributed by atoms with Crippen LogP contribution in [0.3, 0.4) is 0 Å². The van der Waals surface area contributed by atoms with Crippen LogP contribution >= 0.6 is 0 Å². The number of aliphatic hydroxyl groups is 1. The van der Waals surface area contributed by atoms with Crippen LogP contribution in [0.2, 0.25) is 0 Å². The highest BCUT2D eigenvalue weighted by molar-refractivity contribution is 6.05. The van der Waals surface area contributed by atoms with Crippen molar-refractivity contribution in [2.45, 2.75) is 158 Å². The van der Waals surface area contributed by atoms with Gasteiger partial charge in [-0.15, -0.1) is 0 Å². The van der Waals surface area contributed by atoms with E-state index in [1.807, 2.05) is 21.3 Å². The summed E-state index contributed by atoms with van der Waals surface area (Å²) in [5.74, 6) is -29.2. The number of hydrogen-bond acceptors (Lipinski definition) is 26. The largest absolute Gasteiger partial charge is 0.497 e. The molecule has 24 N–H and O–H groups in total. The van der Waals surface area contributed by atoms with E-state index in [1.165, 1.54) is 37.4 Å². The van der Waals surface area contributed by atoms with Gasteiger partial charge in [0, 0.05) is 24.2 Å². The molecule has 113 heavy (non-hydrogen) atoms. The molecule has 3 aromatic carbocycles. The summed E-state index contributed by atoms with van der Waals surface area (Å²) in [5, 5.41) is 77.4. The number of esters is 1. The normalized spacial score (nSPS) is 21.2. The summed E-state index contributed by atoms with van der Waals surface area (Å²) in [6.07, 6.45) is -11.2. The van der Waals surface area contributed by atoms with Crippen molar-refractivity contribution < 1.29 is 136 Å². The third kappa shape index (κ3) is 32.0. The van der Waals surface area contributed by atoms with Crippen LogP contribution in [0.25, 0.3) is 0 Å². The summed E-state index contributed by atoms with van der Waals surface area (Å²) in [6.45, 7) is -1.43. The lowest BCUT2D eigenvalue weighted by molar-refractivity contribution is -0.156. The first-order valence-electron chi connectivity index (χ1n) is 34.5. The van der Waals surface area contributed by atoms with E-state index in [2.05, 4.69) is 47.9 Å². The van der Waals surface area contributed by atoms with Crippen molar-refractivity contribution in [2.75, 3.05) is 39.1 Å². The monoisotopic (exact) mass is 1590 g/mol. The van der Waals surface area contributed by atoms with Gasteiger partial charge in [-0.1, -0.05) is 61.5 Å². The Labute approximate surface area is 642 Å². The first-order chi connectivity index (χ1) is 53.3. The fourth-order valence-corrected chi connectivity index (χ4v) is 10.6. The van der Waals surface area contributed by atoms with Crippen LogP contribution < -0.4 is 91.1 Å². The molecule has 13 atom stereocenters. The molecule has 0 bridgehead atoms. The number of cyclic esters (lactones) is 1. The number of nitrogens with one attached hydrogen (secondary N) is 13. The van der Waals surface area contributed by atoms with Crippen molar-refractivity contribution in [2.24, 2.45) is 17.4 Å². The number of carbonyl (C=O) groups is 20. The predicted octanol–water partition coefficient (Wildman–Crippen LogP) is -7.42. The second-order valence-corrected chi connectivity index (χ2v) is 25.6. The number of aliphatic hydroxyl groups excluding tert-OH is 1. The predicted molar refractivity (Wildman–Crippen MR) is 384 cm³/mol. The van der Waals surface area contributed by atoms with Crippen molar-refractivity contribution >= 4 is 124 Å². The Kier molecular flexibility index (Phi) is 37.1. The van der Waals surface area contributed by atoms with Crippen molar-refractivity contribution in [3.8, 4) is 5.75 Å². The number of methoxy groups -OCH3 is 1. The number of rotatable bonds is 30. The molecule has 44 heteroatoms. The number of carbonyl (C=O) groups excluding carboxylic acids is 16. The second-order valence-electron chi connectivity index (χ2n) is 25.6. The minimum Gasteiger partial charge on any atom is -0.497 e. The number of carboxylic acid groups (broad SMARTS) is 4. The zero-order valence-corrected chi connectivity index (χ0v) is 61.3. The quantitative estimate of drug-likeness (QED) is 0.0128. The zero-order valence-electron chi connectivity index (χ0n) is 61.3. The van der Waals surface area contributed by atoms with Gasteiger partial charge < -0.3 is 126 Å². The second kappa shape index (κ2) is 45.5. The van der Waals surface area contributed by atoms with Crippen LogP contribution in [0.5, 0.6) is 5.75 Å². The van der Waals surface area contributed by atoms with Crippen LogP contribution in [0.1, 0.15) is 93.6 Å². The van der Waals surface area contributed by atoms with Crippen LogP contribution in [-0.2, 0) is 109 Å². The van der Waals surface area contributed by atoms with E-state index < -0.39 is 262 Å². The molecule has 1 aliphatic heterocycles. The van der Waals surface area contributed by atoms with Gasteiger partial charge in [0.1, 0.15) is 78.9 Å². The molecule has 0 radical (unpaired) electrons. The van der Waals surface area contributed by atoms with Crippen LogP contribution in [0, 0.1) is 5.92 Å². The van der Waals surface area contributed by atoms with E-state index in [0.717, 1.165) is 20.8 Å². The minimum absolute atomic E-state index is 0.191. The molecule has 0 aliphatic carbocycles. The Balaban J connectivity index is 1.90. The van der Waals surface area contributed by atoms with Gasteiger partial charge in [0.15, 0.2) is 5.78 Å². The average Bonchev–Trinajstić information content (AvgIpc) is 0.853. The van der Waals surface area contributed by atoms with Gasteiger partial charge in [0.05, 0.1) is 65.0 Å². The third-order valence-electron chi connectivity index (χ3n) is 16.5. The molecule has 44 nitrogen and oxygen atoms in total. The van der Waals surface area contributed by atoms with Gasteiger partial charge >= 0.3 is 35.9 Å². The highest BCUT2D eigenvalue weighted by Crippen LogP contribution is 2.19. The summed E-state index contributed by atoms with van der Waals surface area (Å²) in [5.41, 5.74) is 18.2. The fourth-order valence-electron chi connectivity index (χ4n) is 10.6. The van der Waals surface area contributed by atoms with E-state index in [1.54, 1.807) is 48.5 Å². The number of ketones is 1. The molecule has 1 fully saturated rings. The topological polar surface area (TPSA) is 705 Å². The highest BCUT2D eigenvalue weighted by atomic mass is 16.6. The van der Waals surface area contributed by atoms with E-state index in [0.29, 0.717) is 16.9 Å². The summed E-state index contributed by atoms with van der Waals surface area (Å²) < 4.78 is 16.1. The highest BCUT2D eigenvalue weighted by Gasteiger charge is 2.41. The molecule has 0 spiro atoms.